The molecule has 0 unspecified atom stereocenters. The minimum Gasteiger partial charge on any atom is -0.495 e. The van der Waals surface area contributed by atoms with E-state index in [1.165, 1.54) is 160 Å². The predicted molar refractivity (Wildman–Crippen MR) is 167 cm³/mol. The van der Waals surface area contributed by atoms with Gasteiger partial charge >= 0.3 is 0 Å². The average molecular weight is 516 g/mol. The first kappa shape index (κ1) is 33.8. The Morgan fingerprint density at radius 2 is 0.784 bits per heavy atom. The van der Waals surface area contributed by atoms with E-state index in [0.29, 0.717) is 0 Å². The van der Waals surface area contributed by atoms with Crippen LogP contribution in [0, 0.1) is 0 Å². The van der Waals surface area contributed by atoms with Crippen molar-refractivity contribution in [3.63, 3.8) is 0 Å². The number of ether oxygens (including phenoxy) is 1. The molecule has 0 aliphatic rings. The number of unbranched alkanes of at least 4 members (excludes halogenated alkanes) is 22. The molecule has 0 N–H and O–H groups in total. The number of para-hydroxylation sites is 2. The number of hydrogen-bond acceptors (Lipinski definition) is 2. The molecule has 0 atom stereocenters. The molecule has 0 aliphatic heterocycles. The molecule has 1 aromatic carbocycles. The largest absolute Gasteiger partial charge is 0.495 e. The molecule has 1 rings (SSSR count). The smallest absolute Gasteiger partial charge is 0.142 e. The van der Waals surface area contributed by atoms with Crippen molar-refractivity contribution in [2.45, 2.75) is 168 Å². The Labute approximate surface area is 233 Å². The monoisotopic (exact) mass is 516 g/mol. The zero-order chi connectivity index (χ0) is 26.7. The van der Waals surface area contributed by atoms with Crippen molar-refractivity contribution in [3.8, 4) is 5.75 Å². The molecule has 0 aromatic heterocycles. The summed E-state index contributed by atoms with van der Waals surface area (Å²) in [6.07, 6.45) is 33.8. The molecule has 1 aromatic rings. The molecule has 0 saturated carbocycles. The highest BCUT2D eigenvalue weighted by molar-refractivity contribution is 5.58. The Kier molecular flexibility index (Phi) is 24.2. The molecule has 0 spiro atoms. The van der Waals surface area contributed by atoms with Crippen molar-refractivity contribution in [1.29, 1.82) is 0 Å². The van der Waals surface area contributed by atoms with E-state index in [2.05, 4.69) is 43.0 Å². The van der Waals surface area contributed by atoms with Gasteiger partial charge in [-0.1, -0.05) is 167 Å². The summed E-state index contributed by atoms with van der Waals surface area (Å²) >= 11 is 0. The third kappa shape index (κ3) is 19.5. The van der Waals surface area contributed by atoms with Crippen LogP contribution in [0.4, 0.5) is 5.69 Å². The molecule has 0 heterocycles. The van der Waals surface area contributed by atoms with E-state index in [9.17, 15) is 0 Å². The maximum absolute atomic E-state index is 5.71. The molecule has 0 aliphatic carbocycles. The molecular formula is C35H65NO. The van der Waals surface area contributed by atoms with Crippen LogP contribution in [0.1, 0.15) is 168 Å². The van der Waals surface area contributed by atoms with Gasteiger partial charge < -0.3 is 9.64 Å². The van der Waals surface area contributed by atoms with Gasteiger partial charge in [0.2, 0.25) is 0 Å². The third-order valence-electron chi connectivity index (χ3n) is 7.99. The van der Waals surface area contributed by atoms with Gasteiger partial charge in [-0.25, -0.2) is 0 Å². The SMILES string of the molecule is CCCCCCCCCCCCCCN(CCCCCCCCCCCCCC)c1ccccc1OC. The van der Waals surface area contributed by atoms with Crippen molar-refractivity contribution in [1.82, 2.24) is 0 Å². The fraction of sp³-hybridized carbons (Fsp3) is 0.829. The normalized spacial score (nSPS) is 11.2. The average Bonchev–Trinajstić information content (AvgIpc) is 2.93. The van der Waals surface area contributed by atoms with E-state index in [4.69, 9.17) is 4.74 Å². The number of nitrogens with zero attached hydrogens (tertiary/aromatic N) is 1. The van der Waals surface area contributed by atoms with Crippen LogP contribution in [0.25, 0.3) is 0 Å². The van der Waals surface area contributed by atoms with Gasteiger partial charge in [0.05, 0.1) is 12.8 Å². The molecule has 216 valence electrons. The van der Waals surface area contributed by atoms with Gasteiger partial charge in [-0.05, 0) is 25.0 Å². The van der Waals surface area contributed by atoms with Crippen LogP contribution >= 0.6 is 0 Å². The van der Waals surface area contributed by atoms with Crippen molar-refractivity contribution in [2.75, 3.05) is 25.1 Å². The first-order valence-electron chi connectivity index (χ1n) is 16.7. The fourth-order valence-corrected chi connectivity index (χ4v) is 5.53. The van der Waals surface area contributed by atoms with Gasteiger partial charge in [-0.2, -0.15) is 0 Å². The zero-order valence-electron chi connectivity index (χ0n) is 25.5. The van der Waals surface area contributed by atoms with Crippen molar-refractivity contribution < 1.29 is 4.74 Å². The maximum atomic E-state index is 5.71. The Morgan fingerprint density at radius 3 is 1.14 bits per heavy atom. The molecule has 2 nitrogen and oxygen atoms in total. The molecule has 0 amide bonds. The van der Waals surface area contributed by atoms with Crippen LogP contribution in [0.15, 0.2) is 24.3 Å². The van der Waals surface area contributed by atoms with Gasteiger partial charge in [-0.15, -0.1) is 0 Å². The molecule has 0 radical (unpaired) electrons. The summed E-state index contributed by atoms with van der Waals surface area (Å²) in [6, 6.07) is 8.62. The van der Waals surface area contributed by atoms with E-state index in [1.807, 2.05) is 7.11 Å². The summed E-state index contributed by atoms with van der Waals surface area (Å²) in [5.41, 5.74) is 1.29. The highest BCUT2D eigenvalue weighted by atomic mass is 16.5. The van der Waals surface area contributed by atoms with E-state index >= 15 is 0 Å². The first-order valence-corrected chi connectivity index (χ1v) is 16.7. The van der Waals surface area contributed by atoms with Gasteiger partial charge in [0.25, 0.3) is 0 Å². The molecule has 2 heteroatoms. The summed E-state index contributed by atoms with van der Waals surface area (Å²) in [6.45, 7) is 6.93. The maximum Gasteiger partial charge on any atom is 0.142 e. The van der Waals surface area contributed by atoms with Crippen LogP contribution in [-0.2, 0) is 0 Å². The minimum absolute atomic E-state index is 1.03. The minimum atomic E-state index is 1.03. The topological polar surface area (TPSA) is 12.5 Å². The second-order valence-corrected chi connectivity index (χ2v) is 11.4. The zero-order valence-corrected chi connectivity index (χ0v) is 25.5. The standard InChI is InChI=1S/C35H65NO/c1-4-6-8-10-12-14-16-18-20-22-24-28-32-36(34-30-26-27-31-35(34)37-3)33-29-25-23-21-19-17-15-13-11-9-7-5-2/h26-27,30-31H,4-25,28-29,32-33H2,1-3H3. The van der Waals surface area contributed by atoms with Gasteiger partial charge in [0.15, 0.2) is 0 Å². The second-order valence-electron chi connectivity index (χ2n) is 11.4. The van der Waals surface area contributed by atoms with E-state index in [-0.39, 0.29) is 0 Å². The molecule has 0 saturated heterocycles. The molecule has 0 bridgehead atoms. The summed E-state index contributed by atoms with van der Waals surface area (Å²) in [5.74, 6) is 1.03. The summed E-state index contributed by atoms with van der Waals surface area (Å²) < 4.78 is 5.71. The summed E-state index contributed by atoms with van der Waals surface area (Å²) in [5, 5.41) is 0. The van der Waals surface area contributed by atoms with Crippen molar-refractivity contribution >= 4 is 5.69 Å². The highest BCUT2D eigenvalue weighted by Gasteiger charge is 2.11. The van der Waals surface area contributed by atoms with Crippen LogP contribution < -0.4 is 9.64 Å². The Bertz CT molecular complexity index is 558. The van der Waals surface area contributed by atoms with Crippen LogP contribution in [0.3, 0.4) is 0 Å². The highest BCUT2D eigenvalue weighted by Crippen LogP contribution is 2.28. The number of anilines is 1. The van der Waals surface area contributed by atoms with Gasteiger partial charge in [-0.3, -0.25) is 0 Å². The third-order valence-corrected chi connectivity index (χ3v) is 7.99. The lowest BCUT2D eigenvalue weighted by atomic mass is 10.0. The van der Waals surface area contributed by atoms with Crippen LogP contribution in [-0.4, -0.2) is 20.2 Å². The van der Waals surface area contributed by atoms with Gasteiger partial charge in [0.1, 0.15) is 5.75 Å². The first-order chi connectivity index (χ1) is 18.3. The lowest BCUT2D eigenvalue weighted by molar-refractivity contribution is 0.413. The quantitative estimate of drug-likeness (QED) is 0.103. The Hall–Kier alpha value is -1.18. The summed E-state index contributed by atoms with van der Waals surface area (Å²) in [4.78, 5) is 2.60. The van der Waals surface area contributed by atoms with Crippen LogP contribution in [0.5, 0.6) is 5.75 Å². The second kappa shape index (κ2) is 26.4. The number of methoxy groups -OCH3 is 1. The molecule has 37 heavy (non-hydrogen) atoms. The molecule has 0 fully saturated rings. The van der Waals surface area contributed by atoms with Crippen molar-refractivity contribution in [3.05, 3.63) is 24.3 Å². The van der Waals surface area contributed by atoms with E-state index in [0.717, 1.165) is 18.8 Å². The summed E-state index contributed by atoms with van der Waals surface area (Å²) in [7, 11) is 1.81. The van der Waals surface area contributed by atoms with E-state index < -0.39 is 0 Å². The Balaban J connectivity index is 2.18. The van der Waals surface area contributed by atoms with Crippen molar-refractivity contribution in [2.24, 2.45) is 0 Å². The lowest BCUT2D eigenvalue weighted by Crippen LogP contribution is -2.26. The number of rotatable bonds is 28. The molecular weight excluding hydrogens is 450 g/mol. The Morgan fingerprint density at radius 1 is 0.459 bits per heavy atom. The number of benzene rings is 1. The van der Waals surface area contributed by atoms with Crippen LogP contribution in [0.2, 0.25) is 0 Å². The van der Waals surface area contributed by atoms with E-state index in [1.54, 1.807) is 0 Å². The fourth-order valence-electron chi connectivity index (χ4n) is 5.53. The lowest BCUT2D eigenvalue weighted by Gasteiger charge is -2.26. The van der Waals surface area contributed by atoms with Gasteiger partial charge in [0, 0.05) is 13.1 Å². The predicted octanol–water partition coefficient (Wildman–Crippen LogP) is 11.9. The number of hydrogen-bond donors (Lipinski definition) is 0.